The van der Waals surface area contributed by atoms with Crippen LogP contribution >= 0.6 is 0 Å². The molecule has 0 fully saturated rings. The molecule has 0 aliphatic rings. The minimum atomic E-state index is -4.90. The largest absolute Gasteiger partial charge is 0.574 e. The Morgan fingerprint density at radius 3 is 2.56 bits per heavy atom. The summed E-state index contributed by atoms with van der Waals surface area (Å²) in [7, 11) is 0. The minimum Gasteiger partial charge on any atom is -0.397 e. The maximum Gasteiger partial charge on any atom is 0.574 e. The highest BCUT2D eigenvalue weighted by atomic mass is 19.4. The fourth-order valence-electron chi connectivity index (χ4n) is 1.01. The van der Waals surface area contributed by atoms with Gasteiger partial charge in [0.1, 0.15) is 5.69 Å². The van der Waals surface area contributed by atoms with Crippen molar-refractivity contribution in [3.8, 4) is 5.88 Å². The van der Waals surface area contributed by atoms with Crippen LogP contribution in [0.4, 0.5) is 18.9 Å². The van der Waals surface area contributed by atoms with Gasteiger partial charge in [-0.25, -0.2) is 4.98 Å². The highest BCUT2D eigenvalue weighted by Gasteiger charge is 2.33. The van der Waals surface area contributed by atoms with Crippen molar-refractivity contribution in [2.75, 3.05) is 5.73 Å². The molecule has 0 unspecified atom stereocenters. The van der Waals surface area contributed by atoms with Gasteiger partial charge in [-0.1, -0.05) is 0 Å². The number of hydrogen-bond donors (Lipinski definition) is 2. The molecule has 1 rings (SSSR count). The molecule has 0 atom stereocenters. The van der Waals surface area contributed by atoms with Gasteiger partial charge < -0.3 is 16.2 Å². The molecule has 1 heterocycles. The molecule has 0 aliphatic heterocycles. The molecule has 1 aromatic heterocycles. The van der Waals surface area contributed by atoms with Gasteiger partial charge in [0.15, 0.2) is 6.29 Å². The number of hydrogen-bond acceptors (Lipinski definition) is 5. The van der Waals surface area contributed by atoms with E-state index in [0.29, 0.717) is 0 Å². The standard InChI is InChI=1S/C8H8F3N3O2/c9-8(10,11)16-7-4(2-12)1-5(13)6(3-15)14-7/h1,3H,2,12-13H2. The number of ether oxygens (including phenoxy) is 1. The number of rotatable bonds is 3. The Kier molecular flexibility index (Phi) is 3.33. The lowest BCUT2D eigenvalue weighted by molar-refractivity contribution is -0.276. The van der Waals surface area contributed by atoms with Gasteiger partial charge in [-0.2, -0.15) is 0 Å². The van der Waals surface area contributed by atoms with Crippen molar-refractivity contribution < 1.29 is 22.7 Å². The van der Waals surface area contributed by atoms with Gasteiger partial charge >= 0.3 is 6.36 Å². The third-order valence-electron chi connectivity index (χ3n) is 1.67. The summed E-state index contributed by atoms with van der Waals surface area (Å²) in [5, 5.41) is 0. The van der Waals surface area contributed by atoms with E-state index in [9.17, 15) is 18.0 Å². The zero-order valence-electron chi connectivity index (χ0n) is 7.91. The number of aromatic nitrogens is 1. The van der Waals surface area contributed by atoms with Crippen molar-refractivity contribution in [2.24, 2.45) is 5.73 Å². The van der Waals surface area contributed by atoms with Crippen LogP contribution in [0.2, 0.25) is 0 Å². The number of carbonyl (C=O) groups excluding carboxylic acids is 1. The Hall–Kier alpha value is -1.83. The molecule has 0 amide bonds. The van der Waals surface area contributed by atoms with Gasteiger partial charge in [0, 0.05) is 12.1 Å². The first-order valence-electron chi connectivity index (χ1n) is 4.07. The first-order chi connectivity index (χ1) is 7.37. The second-order valence-electron chi connectivity index (χ2n) is 2.80. The van der Waals surface area contributed by atoms with Crippen LogP contribution in [-0.4, -0.2) is 17.6 Å². The van der Waals surface area contributed by atoms with Crippen molar-refractivity contribution in [3.05, 3.63) is 17.3 Å². The summed E-state index contributed by atoms with van der Waals surface area (Å²) < 4.78 is 39.5. The lowest BCUT2D eigenvalue weighted by atomic mass is 10.2. The second-order valence-corrected chi connectivity index (χ2v) is 2.80. The van der Waals surface area contributed by atoms with Gasteiger partial charge in [-0.3, -0.25) is 4.79 Å². The summed E-state index contributed by atoms with van der Waals surface area (Å²) in [6, 6.07) is 1.12. The lowest BCUT2D eigenvalue weighted by Crippen LogP contribution is -2.20. The fourth-order valence-corrected chi connectivity index (χ4v) is 1.01. The van der Waals surface area contributed by atoms with Crippen molar-refractivity contribution in [2.45, 2.75) is 12.9 Å². The minimum absolute atomic E-state index is 0.0274. The summed E-state index contributed by atoms with van der Waals surface area (Å²) >= 11 is 0. The molecule has 0 aromatic carbocycles. The van der Waals surface area contributed by atoms with Crippen LogP contribution in [0.5, 0.6) is 5.88 Å². The number of anilines is 1. The fraction of sp³-hybridized carbons (Fsp3) is 0.250. The molecule has 0 saturated carbocycles. The Morgan fingerprint density at radius 1 is 1.50 bits per heavy atom. The van der Waals surface area contributed by atoms with Gasteiger partial charge in [0.25, 0.3) is 0 Å². The van der Waals surface area contributed by atoms with Crippen LogP contribution in [0.15, 0.2) is 6.07 Å². The molecule has 5 nitrogen and oxygen atoms in total. The van der Waals surface area contributed by atoms with E-state index in [2.05, 4.69) is 9.72 Å². The molecule has 0 saturated heterocycles. The van der Waals surface area contributed by atoms with Crippen LogP contribution in [-0.2, 0) is 6.54 Å². The van der Waals surface area contributed by atoms with E-state index in [4.69, 9.17) is 11.5 Å². The van der Waals surface area contributed by atoms with E-state index in [0.717, 1.165) is 6.07 Å². The van der Waals surface area contributed by atoms with E-state index in [1.165, 1.54) is 0 Å². The third kappa shape index (κ3) is 2.83. The first-order valence-corrected chi connectivity index (χ1v) is 4.07. The average molecular weight is 235 g/mol. The summed E-state index contributed by atoms with van der Waals surface area (Å²) in [5.41, 5.74) is 10.2. The maximum absolute atomic E-state index is 12.0. The quantitative estimate of drug-likeness (QED) is 0.757. The molecule has 0 bridgehead atoms. The smallest absolute Gasteiger partial charge is 0.397 e. The lowest BCUT2D eigenvalue weighted by Gasteiger charge is -2.12. The van der Waals surface area contributed by atoms with Gasteiger partial charge in [-0.15, -0.1) is 13.2 Å². The number of pyridine rings is 1. The van der Waals surface area contributed by atoms with E-state index in [1.807, 2.05) is 0 Å². The summed E-state index contributed by atoms with van der Waals surface area (Å²) in [6.45, 7) is -0.234. The number of nitrogen functional groups attached to an aromatic ring is 1. The zero-order valence-corrected chi connectivity index (χ0v) is 7.91. The molecular formula is C8H8F3N3O2. The molecule has 0 aliphatic carbocycles. The van der Waals surface area contributed by atoms with Crippen LogP contribution < -0.4 is 16.2 Å². The predicted molar refractivity (Wildman–Crippen MR) is 48.6 cm³/mol. The van der Waals surface area contributed by atoms with E-state index >= 15 is 0 Å². The molecular weight excluding hydrogens is 227 g/mol. The summed E-state index contributed by atoms with van der Waals surface area (Å²) in [4.78, 5) is 13.8. The van der Waals surface area contributed by atoms with Crippen molar-refractivity contribution in [1.82, 2.24) is 4.98 Å². The topological polar surface area (TPSA) is 91.2 Å². The normalized spacial score (nSPS) is 11.2. The molecule has 16 heavy (non-hydrogen) atoms. The SMILES string of the molecule is NCc1cc(N)c(C=O)nc1OC(F)(F)F. The molecule has 8 heteroatoms. The number of nitrogens with zero attached hydrogens (tertiary/aromatic N) is 1. The van der Waals surface area contributed by atoms with E-state index in [-0.39, 0.29) is 29.8 Å². The maximum atomic E-state index is 12.0. The molecule has 0 radical (unpaired) electrons. The van der Waals surface area contributed by atoms with Gasteiger partial charge in [0.05, 0.1) is 5.69 Å². The number of alkyl halides is 3. The number of nitrogens with two attached hydrogens (primary N) is 2. The zero-order chi connectivity index (χ0) is 12.3. The molecule has 0 spiro atoms. The van der Waals surface area contributed by atoms with Gasteiger partial charge in [0.2, 0.25) is 5.88 Å². The second kappa shape index (κ2) is 4.35. The van der Waals surface area contributed by atoms with Crippen LogP contribution in [0.1, 0.15) is 16.1 Å². The molecule has 4 N–H and O–H groups in total. The van der Waals surface area contributed by atoms with Crippen LogP contribution in [0.3, 0.4) is 0 Å². The summed E-state index contributed by atoms with van der Waals surface area (Å²) in [6.07, 6.45) is -4.66. The number of carbonyl (C=O) groups is 1. The first kappa shape index (κ1) is 12.2. The average Bonchev–Trinajstić information content (AvgIpc) is 2.18. The van der Waals surface area contributed by atoms with Crippen molar-refractivity contribution in [3.63, 3.8) is 0 Å². The van der Waals surface area contributed by atoms with Gasteiger partial charge in [-0.05, 0) is 6.07 Å². The summed E-state index contributed by atoms with van der Waals surface area (Å²) in [5.74, 6) is -0.758. The molecule has 88 valence electrons. The highest BCUT2D eigenvalue weighted by Crippen LogP contribution is 2.26. The van der Waals surface area contributed by atoms with Crippen LogP contribution in [0, 0.1) is 0 Å². The molecule has 1 aromatic rings. The monoisotopic (exact) mass is 235 g/mol. The highest BCUT2D eigenvalue weighted by molar-refractivity contribution is 5.80. The predicted octanol–water partition coefficient (Wildman–Crippen LogP) is 0.834. The Balaban J connectivity index is 3.20. The van der Waals surface area contributed by atoms with Crippen molar-refractivity contribution >= 4 is 12.0 Å². The Bertz CT molecular complexity index is 406. The van der Waals surface area contributed by atoms with Crippen molar-refractivity contribution in [1.29, 1.82) is 0 Å². The van der Waals surface area contributed by atoms with E-state index < -0.39 is 12.2 Å². The van der Waals surface area contributed by atoms with E-state index in [1.54, 1.807) is 0 Å². The number of aldehydes is 1. The third-order valence-corrected chi connectivity index (χ3v) is 1.67. The Labute approximate surface area is 88.2 Å². The Morgan fingerprint density at radius 2 is 2.12 bits per heavy atom. The number of halogens is 3. The van der Waals surface area contributed by atoms with Crippen LogP contribution in [0.25, 0.3) is 0 Å².